The summed E-state index contributed by atoms with van der Waals surface area (Å²) in [5.74, 6) is 0.871. The van der Waals surface area contributed by atoms with E-state index in [-0.39, 0.29) is 11.3 Å². The van der Waals surface area contributed by atoms with E-state index < -0.39 is 0 Å². The minimum atomic E-state index is -0.00636. The van der Waals surface area contributed by atoms with Gasteiger partial charge in [0.25, 0.3) is 0 Å². The molecule has 0 unspecified atom stereocenters. The molecule has 2 aromatic carbocycles. The summed E-state index contributed by atoms with van der Waals surface area (Å²) in [6.45, 7) is 6.24. The summed E-state index contributed by atoms with van der Waals surface area (Å²) in [5, 5.41) is 6.06. The number of aryl methyl sites for hydroxylation is 2. The standard InChI is InChI=1S/C21H20N2O2/c1-12(2)16-7-13(3)8-17-19(24)10-20(25-21(16)17)14-5-6-18-15(9-14)11-23(4)22-18/h5-12H,1-4H3. The summed E-state index contributed by atoms with van der Waals surface area (Å²) in [5.41, 5.74) is 4.63. The van der Waals surface area contributed by atoms with Crippen LogP contribution in [0.4, 0.5) is 0 Å². The Morgan fingerprint density at radius 2 is 1.92 bits per heavy atom. The van der Waals surface area contributed by atoms with Crippen molar-refractivity contribution in [3.05, 3.63) is 63.9 Å². The van der Waals surface area contributed by atoms with E-state index in [4.69, 9.17) is 4.42 Å². The van der Waals surface area contributed by atoms with Crippen molar-refractivity contribution < 1.29 is 4.42 Å². The molecule has 0 saturated heterocycles. The predicted molar refractivity (Wildman–Crippen MR) is 101 cm³/mol. The third kappa shape index (κ3) is 2.64. The van der Waals surface area contributed by atoms with E-state index in [1.807, 2.05) is 44.4 Å². The van der Waals surface area contributed by atoms with Gasteiger partial charge in [0.15, 0.2) is 5.43 Å². The Morgan fingerprint density at radius 1 is 1.12 bits per heavy atom. The lowest BCUT2D eigenvalue weighted by molar-refractivity contribution is 0.609. The molecule has 4 aromatic rings. The first kappa shape index (κ1) is 15.6. The van der Waals surface area contributed by atoms with Crippen LogP contribution in [0, 0.1) is 6.92 Å². The first-order chi connectivity index (χ1) is 11.9. The number of hydrogen-bond acceptors (Lipinski definition) is 3. The molecule has 0 spiro atoms. The van der Waals surface area contributed by atoms with E-state index in [0.29, 0.717) is 16.7 Å². The van der Waals surface area contributed by atoms with Gasteiger partial charge in [0, 0.05) is 30.3 Å². The lowest BCUT2D eigenvalue weighted by Crippen LogP contribution is -2.03. The molecule has 0 amide bonds. The van der Waals surface area contributed by atoms with Gasteiger partial charge in [-0.3, -0.25) is 9.48 Å². The molecule has 0 aliphatic heterocycles. The van der Waals surface area contributed by atoms with Crippen LogP contribution in [0.5, 0.6) is 0 Å². The van der Waals surface area contributed by atoms with Gasteiger partial charge in [-0.1, -0.05) is 19.9 Å². The average Bonchev–Trinajstić information content (AvgIpc) is 2.93. The Balaban J connectivity index is 1.99. The van der Waals surface area contributed by atoms with Crippen LogP contribution in [0.25, 0.3) is 33.2 Å². The summed E-state index contributed by atoms with van der Waals surface area (Å²) in [4.78, 5) is 12.7. The highest BCUT2D eigenvalue weighted by Gasteiger charge is 2.14. The van der Waals surface area contributed by atoms with Crippen LogP contribution in [-0.2, 0) is 7.05 Å². The molecule has 0 bridgehead atoms. The van der Waals surface area contributed by atoms with Gasteiger partial charge in [-0.15, -0.1) is 0 Å². The Bertz CT molecular complexity index is 1170. The molecule has 0 N–H and O–H groups in total. The largest absolute Gasteiger partial charge is 0.456 e. The predicted octanol–water partition coefficient (Wildman–Crippen LogP) is 4.78. The molecular formula is C21H20N2O2. The summed E-state index contributed by atoms with van der Waals surface area (Å²) in [6.07, 6.45) is 1.96. The molecule has 2 heterocycles. The highest BCUT2D eigenvalue weighted by molar-refractivity contribution is 5.86. The molecule has 0 saturated carbocycles. The highest BCUT2D eigenvalue weighted by Crippen LogP contribution is 2.30. The SMILES string of the molecule is Cc1cc(C(C)C)c2oc(-c3ccc4nn(C)cc4c3)cc(=O)c2c1. The van der Waals surface area contributed by atoms with Crippen molar-refractivity contribution in [1.29, 1.82) is 0 Å². The monoisotopic (exact) mass is 332 g/mol. The molecule has 0 fully saturated rings. The van der Waals surface area contributed by atoms with E-state index in [1.165, 1.54) is 0 Å². The fraction of sp³-hybridized carbons (Fsp3) is 0.238. The Labute approximate surface area is 145 Å². The maximum atomic E-state index is 12.7. The number of fused-ring (bicyclic) bond motifs is 2. The molecule has 25 heavy (non-hydrogen) atoms. The second-order valence-corrected chi connectivity index (χ2v) is 6.94. The zero-order valence-corrected chi connectivity index (χ0v) is 14.8. The van der Waals surface area contributed by atoms with Gasteiger partial charge in [-0.05, 0) is 48.2 Å². The second kappa shape index (κ2) is 5.59. The normalized spacial score (nSPS) is 11.7. The Kier molecular flexibility index (Phi) is 3.49. The fourth-order valence-electron chi connectivity index (χ4n) is 3.31. The number of nitrogens with zero attached hydrogens (tertiary/aromatic N) is 2. The van der Waals surface area contributed by atoms with Gasteiger partial charge < -0.3 is 4.42 Å². The van der Waals surface area contributed by atoms with Crippen molar-refractivity contribution in [2.24, 2.45) is 7.05 Å². The van der Waals surface area contributed by atoms with Gasteiger partial charge in [0.1, 0.15) is 11.3 Å². The number of hydrogen-bond donors (Lipinski definition) is 0. The average molecular weight is 332 g/mol. The van der Waals surface area contributed by atoms with E-state index >= 15 is 0 Å². The van der Waals surface area contributed by atoms with Crippen LogP contribution in [0.3, 0.4) is 0 Å². The van der Waals surface area contributed by atoms with E-state index in [2.05, 4.69) is 25.0 Å². The molecule has 0 aliphatic rings. The molecule has 126 valence electrons. The lowest BCUT2D eigenvalue weighted by Gasteiger charge is -2.11. The quantitative estimate of drug-likeness (QED) is 0.531. The van der Waals surface area contributed by atoms with Gasteiger partial charge in [0.2, 0.25) is 0 Å². The van der Waals surface area contributed by atoms with Crippen LogP contribution in [0.1, 0.15) is 30.9 Å². The van der Waals surface area contributed by atoms with Crippen LogP contribution in [-0.4, -0.2) is 9.78 Å². The third-order valence-electron chi connectivity index (χ3n) is 4.53. The fourth-order valence-corrected chi connectivity index (χ4v) is 3.31. The maximum absolute atomic E-state index is 12.7. The summed E-state index contributed by atoms with van der Waals surface area (Å²) in [7, 11) is 1.90. The second-order valence-electron chi connectivity index (χ2n) is 6.94. The summed E-state index contributed by atoms with van der Waals surface area (Å²) >= 11 is 0. The molecule has 4 heteroatoms. The van der Waals surface area contributed by atoms with Crippen molar-refractivity contribution in [1.82, 2.24) is 9.78 Å². The topological polar surface area (TPSA) is 48.0 Å². The van der Waals surface area contributed by atoms with E-state index in [1.54, 1.807) is 10.7 Å². The van der Waals surface area contributed by atoms with Crippen LogP contribution in [0.15, 0.2) is 51.8 Å². The number of aromatic nitrogens is 2. The molecule has 4 nitrogen and oxygen atoms in total. The zero-order chi connectivity index (χ0) is 17.7. The zero-order valence-electron chi connectivity index (χ0n) is 14.8. The van der Waals surface area contributed by atoms with Crippen molar-refractivity contribution in [2.45, 2.75) is 26.7 Å². The molecule has 4 rings (SSSR count). The molecule has 0 radical (unpaired) electrons. The highest BCUT2D eigenvalue weighted by atomic mass is 16.3. The van der Waals surface area contributed by atoms with Crippen LogP contribution < -0.4 is 5.43 Å². The third-order valence-corrected chi connectivity index (χ3v) is 4.53. The number of rotatable bonds is 2. The number of benzene rings is 2. The smallest absolute Gasteiger partial charge is 0.193 e. The lowest BCUT2D eigenvalue weighted by atomic mass is 9.97. The van der Waals surface area contributed by atoms with Crippen molar-refractivity contribution in [3.8, 4) is 11.3 Å². The summed E-state index contributed by atoms with van der Waals surface area (Å²) < 4.78 is 7.99. The van der Waals surface area contributed by atoms with Crippen molar-refractivity contribution in [2.75, 3.05) is 0 Å². The van der Waals surface area contributed by atoms with Gasteiger partial charge in [-0.25, -0.2) is 0 Å². The van der Waals surface area contributed by atoms with Gasteiger partial charge >= 0.3 is 0 Å². The Hall–Kier alpha value is -2.88. The minimum absolute atomic E-state index is 0.00636. The Morgan fingerprint density at radius 3 is 2.68 bits per heavy atom. The van der Waals surface area contributed by atoms with E-state index in [9.17, 15) is 4.79 Å². The summed E-state index contributed by atoms with van der Waals surface area (Å²) in [6, 6.07) is 11.5. The van der Waals surface area contributed by atoms with Crippen LogP contribution >= 0.6 is 0 Å². The van der Waals surface area contributed by atoms with E-state index in [0.717, 1.165) is 27.6 Å². The van der Waals surface area contributed by atoms with Gasteiger partial charge in [0.05, 0.1) is 10.9 Å². The molecular weight excluding hydrogens is 312 g/mol. The molecule has 0 atom stereocenters. The first-order valence-electron chi connectivity index (χ1n) is 8.44. The maximum Gasteiger partial charge on any atom is 0.193 e. The minimum Gasteiger partial charge on any atom is -0.456 e. The molecule has 2 aromatic heterocycles. The van der Waals surface area contributed by atoms with Crippen LogP contribution in [0.2, 0.25) is 0 Å². The van der Waals surface area contributed by atoms with Gasteiger partial charge in [-0.2, -0.15) is 5.10 Å². The van der Waals surface area contributed by atoms with Crippen molar-refractivity contribution >= 4 is 21.9 Å². The molecule has 0 aliphatic carbocycles. The van der Waals surface area contributed by atoms with Crippen molar-refractivity contribution in [3.63, 3.8) is 0 Å². The first-order valence-corrected chi connectivity index (χ1v) is 8.44.